The maximum Gasteiger partial charge on any atom is 0.124 e. The largest absolute Gasteiger partial charge is 0.486 e. The van der Waals surface area contributed by atoms with Gasteiger partial charge in [0.2, 0.25) is 0 Å². The average molecular weight is 396 g/mol. The van der Waals surface area contributed by atoms with Crippen LogP contribution in [0.25, 0.3) is 0 Å². The van der Waals surface area contributed by atoms with E-state index in [2.05, 4.69) is 9.55 Å². The molecule has 3 aromatic rings. The van der Waals surface area contributed by atoms with E-state index in [0.29, 0.717) is 20.8 Å². The Balaban J connectivity index is 1.73. The van der Waals surface area contributed by atoms with Crippen molar-refractivity contribution in [1.29, 1.82) is 0 Å². The Morgan fingerprint density at radius 1 is 1.00 bits per heavy atom. The van der Waals surface area contributed by atoms with E-state index < -0.39 is 0 Å². The van der Waals surface area contributed by atoms with Crippen molar-refractivity contribution in [2.75, 3.05) is 0 Å². The van der Waals surface area contributed by atoms with Gasteiger partial charge in [0.25, 0.3) is 0 Å². The van der Waals surface area contributed by atoms with Crippen LogP contribution in [0.3, 0.4) is 0 Å². The molecule has 0 aliphatic carbocycles. The van der Waals surface area contributed by atoms with Crippen molar-refractivity contribution >= 4 is 34.8 Å². The fourth-order valence-electron chi connectivity index (χ4n) is 2.56. The third-order valence-electron chi connectivity index (χ3n) is 3.85. The van der Waals surface area contributed by atoms with Gasteiger partial charge in [0.05, 0.1) is 16.4 Å². The van der Waals surface area contributed by atoms with Gasteiger partial charge in [-0.25, -0.2) is 4.98 Å². The quantitative estimate of drug-likeness (QED) is 0.460. The lowest BCUT2D eigenvalue weighted by atomic mass is 10.0. The van der Waals surface area contributed by atoms with Crippen LogP contribution in [0.15, 0.2) is 61.2 Å². The highest BCUT2D eigenvalue weighted by Gasteiger charge is 2.14. The predicted octanol–water partition coefficient (Wildman–Crippen LogP) is 6.44. The van der Waals surface area contributed by atoms with Crippen LogP contribution in [0.2, 0.25) is 15.1 Å². The molecule has 130 valence electrons. The maximum absolute atomic E-state index is 6.18. The first-order chi connectivity index (χ1) is 12.1. The number of nitrogens with zero attached hydrogens (tertiary/aromatic N) is 2. The van der Waals surface area contributed by atoms with E-state index in [0.717, 1.165) is 24.9 Å². The monoisotopic (exact) mass is 394 g/mol. The van der Waals surface area contributed by atoms with Crippen molar-refractivity contribution in [3.63, 3.8) is 0 Å². The third-order valence-corrected chi connectivity index (χ3v) is 4.84. The Kier molecular flexibility index (Phi) is 6.24. The molecule has 0 bridgehead atoms. The summed E-state index contributed by atoms with van der Waals surface area (Å²) in [4.78, 5) is 4.06. The van der Waals surface area contributed by atoms with Gasteiger partial charge in [0.15, 0.2) is 0 Å². The molecular formula is C19H17Cl3N2O. The van der Waals surface area contributed by atoms with Gasteiger partial charge in [0, 0.05) is 30.0 Å². The molecule has 0 radical (unpaired) electrons. The molecule has 2 aromatic carbocycles. The van der Waals surface area contributed by atoms with Gasteiger partial charge in [-0.15, -0.1) is 0 Å². The van der Waals surface area contributed by atoms with E-state index in [-0.39, 0.29) is 6.10 Å². The van der Waals surface area contributed by atoms with E-state index in [9.17, 15) is 0 Å². The standard InChI is InChI=1S/C19H17Cl3N2O/c20-15-5-3-14(4-6-15)19(2-1-10-24-11-9-23-13-24)25-16-7-8-17(21)18(22)12-16/h3-9,11-13,19H,1-2,10H2. The van der Waals surface area contributed by atoms with Gasteiger partial charge in [-0.3, -0.25) is 0 Å². The second kappa shape index (κ2) is 8.61. The summed E-state index contributed by atoms with van der Waals surface area (Å²) < 4.78 is 8.24. The van der Waals surface area contributed by atoms with E-state index in [1.165, 1.54) is 0 Å². The summed E-state index contributed by atoms with van der Waals surface area (Å²) in [6.45, 7) is 0.884. The lowest BCUT2D eigenvalue weighted by Crippen LogP contribution is -2.09. The maximum atomic E-state index is 6.18. The lowest BCUT2D eigenvalue weighted by Gasteiger charge is -2.20. The summed E-state index contributed by atoms with van der Waals surface area (Å²) >= 11 is 18.1. The topological polar surface area (TPSA) is 27.1 Å². The summed E-state index contributed by atoms with van der Waals surface area (Å²) in [5.41, 5.74) is 1.07. The second-order valence-electron chi connectivity index (χ2n) is 5.68. The van der Waals surface area contributed by atoms with E-state index >= 15 is 0 Å². The lowest BCUT2D eigenvalue weighted by molar-refractivity contribution is 0.189. The van der Waals surface area contributed by atoms with Crippen molar-refractivity contribution in [1.82, 2.24) is 9.55 Å². The number of halogens is 3. The van der Waals surface area contributed by atoms with Gasteiger partial charge >= 0.3 is 0 Å². The Bertz CT molecular complexity index is 804. The molecular weight excluding hydrogens is 379 g/mol. The highest BCUT2D eigenvalue weighted by molar-refractivity contribution is 6.42. The summed E-state index contributed by atoms with van der Waals surface area (Å²) in [5.74, 6) is 0.692. The predicted molar refractivity (Wildman–Crippen MR) is 103 cm³/mol. The summed E-state index contributed by atoms with van der Waals surface area (Å²) in [7, 11) is 0. The minimum absolute atomic E-state index is 0.0990. The first kappa shape index (κ1) is 18.1. The molecule has 3 nitrogen and oxygen atoms in total. The van der Waals surface area contributed by atoms with Crippen LogP contribution < -0.4 is 4.74 Å². The zero-order valence-electron chi connectivity index (χ0n) is 13.4. The SMILES string of the molecule is Clc1ccc(C(CCCn2ccnc2)Oc2ccc(Cl)c(Cl)c2)cc1. The van der Waals surface area contributed by atoms with Crippen molar-refractivity contribution in [2.24, 2.45) is 0 Å². The Labute approximate surface area is 162 Å². The van der Waals surface area contributed by atoms with Gasteiger partial charge in [0.1, 0.15) is 11.9 Å². The molecule has 1 heterocycles. The number of benzene rings is 2. The first-order valence-corrected chi connectivity index (χ1v) is 9.08. The summed E-state index contributed by atoms with van der Waals surface area (Å²) in [5, 5.41) is 1.69. The Morgan fingerprint density at radius 2 is 1.80 bits per heavy atom. The van der Waals surface area contributed by atoms with Crippen LogP contribution in [0, 0.1) is 0 Å². The number of hydrogen-bond donors (Lipinski definition) is 0. The molecule has 0 aliphatic heterocycles. The number of rotatable bonds is 7. The van der Waals surface area contributed by atoms with Gasteiger partial charge in [-0.2, -0.15) is 0 Å². The number of aromatic nitrogens is 2. The van der Waals surface area contributed by atoms with Crippen molar-refractivity contribution < 1.29 is 4.74 Å². The molecule has 0 saturated carbocycles. The molecule has 0 aliphatic rings. The zero-order valence-corrected chi connectivity index (χ0v) is 15.7. The Morgan fingerprint density at radius 3 is 2.48 bits per heavy atom. The van der Waals surface area contributed by atoms with E-state index in [4.69, 9.17) is 39.5 Å². The van der Waals surface area contributed by atoms with Crippen LogP contribution in [-0.2, 0) is 6.54 Å². The normalized spacial score (nSPS) is 12.1. The number of ether oxygens (including phenoxy) is 1. The average Bonchev–Trinajstić information content (AvgIpc) is 3.11. The smallest absolute Gasteiger partial charge is 0.124 e. The van der Waals surface area contributed by atoms with Crippen LogP contribution >= 0.6 is 34.8 Å². The van der Waals surface area contributed by atoms with E-state index in [1.54, 1.807) is 18.3 Å². The molecule has 3 rings (SSSR count). The van der Waals surface area contributed by atoms with Gasteiger partial charge < -0.3 is 9.30 Å². The molecule has 25 heavy (non-hydrogen) atoms. The summed E-state index contributed by atoms with van der Waals surface area (Å²) in [6, 6.07) is 13.0. The number of aryl methyl sites for hydroxylation is 1. The van der Waals surface area contributed by atoms with Gasteiger partial charge in [-0.1, -0.05) is 46.9 Å². The zero-order chi connectivity index (χ0) is 17.6. The molecule has 6 heteroatoms. The van der Waals surface area contributed by atoms with Crippen LogP contribution in [0.4, 0.5) is 0 Å². The number of hydrogen-bond acceptors (Lipinski definition) is 2. The third kappa shape index (κ3) is 5.15. The van der Waals surface area contributed by atoms with Crippen LogP contribution in [0.1, 0.15) is 24.5 Å². The fraction of sp³-hybridized carbons (Fsp3) is 0.211. The summed E-state index contributed by atoms with van der Waals surface area (Å²) in [6.07, 6.45) is 7.25. The minimum atomic E-state index is -0.0990. The molecule has 0 amide bonds. The molecule has 0 saturated heterocycles. The first-order valence-electron chi connectivity index (χ1n) is 7.95. The second-order valence-corrected chi connectivity index (χ2v) is 6.93. The van der Waals surface area contributed by atoms with Gasteiger partial charge in [-0.05, 0) is 42.7 Å². The van der Waals surface area contributed by atoms with Crippen LogP contribution in [0.5, 0.6) is 5.75 Å². The molecule has 0 fully saturated rings. The highest BCUT2D eigenvalue weighted by Crippen LogP contribution is 2.31. The fourth-order valence-corrected chi connectivity index (χ4v) is 2.98. The molecule has 0 spiro atoms. The van der Waals surface area contributed by atoms with E-state index in [1.807, 2.05) is 42.9 Å². The molecule has 0 N–H and O–H groups in total. The highest BCUT2D eigenvalue weighted by atomic mass is 35.5. The minimum Gasteiger partial charge on any atom is -0.486 e. The number of imidazole rings is 1. The van der Waals surface area contributed by atoms with Crippen molar-refractivity contribution in [2.45, 2.75) is 25.5 Å². The van der Waals surface area contributed by atoms with Crippen molar-refractivity contribution in [3.8, 4) is 5.75 Å². The Hall–Kier alpha value is -1.68. The molecule has 1 aromatic heterocycles. The molecule has 1 unspecified atom stereocenters. The van der Waals surface area contributed by atoms with Crippen LogP contribution in [-0.4, -0.2) is 9.55 Å². The van der Waals surface area contributed by atoms with Crippen molar-refractivity contribution in [3.05, 3.63) is 81.8 Å². The molecule has 1 atom stereocenters.